The van der Waals surface area contributed by atoms with E-state index >= 15 is 0 Å². The van der Waals surface area contributed by atoms with Crippen LogP contribution in [0.4, 0.5) is 0 Å². The van der Waals surface area contributed by atoms with Crippen LogP contribution in [0.25, 0.3) is 22.1 Å². The van der Waals surface area contributed by atoms with E-state index in [0.29, 0.717) is 23.1 Å². The Morgan fingerprint density at radius 1 is 1.05 bits per heavy atom. The highest BCUT2D eigenvalue weighted by molar-refractivity contribution is 9.09. The zero-order valence-electron chi connectivity index (χ0n) is 11.2. The van der Waals surface area contributed by atoms with Crippen LogP contribution in [0.2, 0.25) is 0 Å². The molecule has 3 aromatic rings. The van der Waals surface area contributed by atoms with E-state index in [1.165, 1.54) is 0 Å². The van der Waals surface area contributed by atoms with Gasteiger partial charge in [0.25, 0.3) is 0 Å². The maximum Gasteiger partial charge on any atom is 0.344 e. The monoisotopic (exact) mass is 344 g/mol. The second kappa shape index (κ2) is 5.74. The van der Waals surface area contributed by atoms with Gasteiger partial charge in [0, 0.05) is 16.3 Å². The van der Waals surface area contributed by atoms with E-state index in [1.807, 2.05) is 18.2 Å². The molecule has 0 radical (unpaired) electrons. The molecule has 21 heavy (non-hydrogen) atoms. The van der Waals surface area contributed by atoms with Gasteiger partial charge in [0.2, 0.25) is 0 Å². The molecule has 0 bridgehead atoms. The SMILES string of the molecule is O=c1oc2ccccc2c(CCBr)c1-c1ccccc1O. The standard InChI is InChI=1S/C17H13BrO3/c18-10-9-12-11-5-2-4-8-15(11)21-17(20)16(12)13-6-1-3-7-14(13)19/h1-8,19H,9-10H2. The van der Waals surface area contributed by atoms with Crippen LogP contribution in [0.3, 0.4) is 0 Å². The van der Waals surface area contributed by atoms with E-state index in [2.05, 4.69) is 15.9 Å². The Hall–Kier alpha value is -2.07. The van der Waals surface area contributed by atoms with E-state index in [9.17, 15) is 9.90 Å². The molecule has 3 nitrogen and oxygen atoms in total. The Labute approximate surface area is 130 Å². The maximum absolute atomic E-state index is 12.4. The summed E-state index contributed by atoms with van der Waals surface area (Å²) in [4.78, 5) is 12.4. The van der Waals surface area contributed by atoms with Crippen LogP contribution in [0, 0.1) is 0 Å². The number of aryl methyl sites for hydroxylation is 1. The van der Waals surface area contributed by atoms with Gasteiger partial charge in [-0.25, -0.2) is 4.79 Å². The molecule has 0 atom stereocenters. The molecule has 0 fully saturated rings. The van der Waals surface area contributed by atoms with Crippen LogP contribution in [0.15, 0.2) is 57.7 Å². The van der Waals surface area contributed by atoms with Crippen LogP contribution in [0.5, 0.6) is 5.75 Å². The number of fused-ring (bicyclic) bond motifs is 1. The highest BCUT2D eigenvalue weighted by atomic mass is 79.9. The van der Waals surface area contributed by atoms with Crippen molar-refractivity contribution in [3.8, 4) is 16.9 Å². The van der Waals surface area contributed by atoms with Gasteiger partial charge in [-0.05, 0) is 24.1 Å². The molecule has 0 saturated carbocycles. The third-order valence-electron chi connectivity index (χ3n) is 3.44. The second-order valence-electron chi connectivity index (χ2n) is 4.70. The molecule has 0 spiro atoms. The number of aromatic hydroxyl groups is 1. The quantitative estimate of drug-likeness (QED) is 0.574. The fourth-order valence-electron chi connectivity index (χ4n) is 2.53. The van der Waals surface area contributed by atoms with Crippen molar-refractivity contribution in [2.45, 2.75) is 6.42 Å². The van der Waals surface area contributed by atoms with Crippen molar-refractivity contribution in [2.75, 3.05) is 5.33 Å². The molecule has 1 aromatic heterocycles. The van der Waals surface area contributed by atoms with Crippen LogP contribution < -0.4 is 5.63 Å². The zero-order chi connectivity index (χ0) is 14.8. The van der Waals surface area contributed by atoms with Gasteiger partial charge in [0.1, 0.15) is 11.3 Å². The fourth-order valence-corrected chi connectivity index (χ4v) is 2.92. The number of phenols is 1. The highest BCUT2D eigenvalue weighted by Crippen LogP contribution is 2.33. The van der Waals surface area contributed by atoms with Gasteiger partial charge < -0.3 is 9.52 Å². The van der Waals surface area contributed by atoms with Gasteiger partial charge >= 0.3 is 5.63 Å². The normalized spacial score (nSPS) is 10.9. The van der Waals surface area contributed by atoms with E-state index in [4.69, 9.17) is 4.42 Å². The van der Waals surface area contributed by atoms with Crippen molar-refractivity contribution in [2.24, 2.45) is 0 Å². The molecule has 4 heteroatoms. The van der Waals surface area contributed by atoms with Crippen molar-refractivity contribution in [3.05, 3.63) is 64.5 Å². The van der Waals surface area contributed by atoms with Crippen molar-refractivity contribution >= 4 is 26.9 Å². The van der Waals surface area contributed by atoms with E-state index < -0.39 is 5.63 Å². The number of rotatable bonds is 3. The van der Waals surface area contributed by atoms with Gasteiger partial charge in [0.15, 0.2) is 0 Å². The lowest BCUT2D eigenvalue weighted by Crippen LogP contribution is -2.08. The molecule has 1 heterocycles. The minimum absolute atomic E-state index is 0.0795. The molecule has 0 aliphatic carbocycles. The summed E-state index contributed by atoms with van der Waals surface area (Å²) in [7, 11) is 0. The van der Waals surface area contributed by atoms with Gasteiger partial charge in [-0.3, -0.25) is 0 Å². The van der Waals surface area contributed by atoms with Crippen LogP contribution in [0.1, 0.15) is 5.56 Å². The van der Waals surface area contributed by atoms with Crippen molar-refractivity contribution < 1.29 is 9.52 Å². The topological polar surface area (TPSA) is 50.4 Å². The number of halogens is 1. The predicted molar refractivity (Wildman–Crippen MR) is 87.1 cm³/mol. The third kappa shape index (κ3) is 2.47. The smallest absolute Gasteiger partial charge is 0.344 e. The van der Waals surface area contributed by atoms with Crippen LogP contribution in [-0.4, -0.2) is 10.4 Å². The highest BCUT2D eigenvalue weighted by Gasteiger charge is 2.17. The van der Waals surface area contributed by atoms with Crippen LogP contribution >= 0.6 is 15.9 Å². The molecule has 1 N–H and O–H groups in total. The summed E-state index contributed by atoms with van der Waals surface area (Å²) in [5.74, 6) is 0.0795. The first kappa shape index (κ1) is 13.9. The molecule has 0 amide bonds. The summed E-state index contributed by atoms with van der Waals surface area (Å²) < 4.78 is 5.41. The molecule has 0 saturated heterocycles. The largest absolute Gasteiger partial charge is 0.507 e. The average molecular weight is 345 g/mol. The Morgan fingerprint density at radius 3 is 2.52 bits per heavy atom. The first-order valence-electron chi connectivity index (χ1n) is 6.61. The van der Waals surface area contributed by atoms with Crippen molar-refractivity contribution in [3.63, 3.8) is 0 Å². The summed E-state index contributed by atoms with van der Waals surface area (Å²) in [6.07, 6.45) is 0.676. The van der Waals surface area contributed by atoms with Crippen molar-refractivity contribution in [1.82, 2.24) is 0 Å². The number of hydrogen-bond acceptors (Lipinski definition) is 3. The lowest BCUT2D eigenvalue weighted by atomic mass is 9.96. The van der Waals surface area contributed by atoms with Gasteiger partial charge in [-0.2, -0.15) is 0 Å². The molecule has 106 valence electrons. The molecule has 0 aliphatic rings. The van der Waals surface area contributed by atoms with Gasteiger partial charge in [-0.1, -0.05) is 52.3 Å². The van der Waals surface area contributed by atoms with Gasteiger partial charge in [0.05, 0.1) is 5.56 Å². The maximum atomic E-state index is 12.4. The molecule has 0 unspecified atom stereocenters. The Bertz CT molecular complexity index is 852. The Balaban J connectivity index is 2.41. The summed E-state index contributed by atoms with van der Waals surface area (Å²) in [6.45, 7) is 0. The Morgan fingerprint density at radius 2 is 1.76 bits per heavy atom. The molecular weight excluding hydrogens is 332 g/mol. The number of para-hydroxylation sites is 2. The second-order valence-corrected chi connectivity index (χ2v) is 5.49. The molecule has 0 aliphatic heterocycles. The number of benzene rings is 2. The van der Waals surface area contributed by atoms with E-state index in [0.717, 1.165) is 16.3 Å². The number of hydrogen-bond donors (Lipinski definition) is 1. The molecular formula is C17H13BrO3. The number of phenolic OH excluding ortho intramolecular Hbond substituents is 1. The summed E-state index contributed by atoms with van der Waals surface area (Å²) in [5.41, 5.74) is 1.98. The lowest BCUT2D eigenvalue weighted by molar-refractivity contribution is 0.476. The Kier molecular flexibility index (Phi) is 3.80. The summed E-state index contributed by atoms with van der Waals surface area (Å²) in [5, 5.41) is 11.7. The molecule has 2 aromatic carbocycles. The summed E-state index contributed by atoms with van der Waals surface area (Å²) in [6, 6.07) is 14.3. The zero-order valence-corrected chi connectivity index (χ0v) is 12.8. The fraction of sp³-hybridized carbons (Fsp3) is 0.118. The minimum Gasteiger partial charge on any atom is -0.507 e. The predicted octanol–water partition coefficient (Wildman–Crippen LogP) is 4.10. The average Bonchev–Trinajstić information content (AvgIpc) is 2.49. The van der Waals surface area contributed by atoms with E-state index in [1.54, 1.807) is 30.3 Å². The number of alkyl halides is 1. The van der Waals surface area contributed by atoms with Gasteiger partial charge in [-0.15, -0.1) is 0 Å². The van der Waals surface area contributed by atoms with E-state index in [-0.39, 0.29) is 5.75 Å². The lowest BCUT2D eigenvalue weighted by Gasteiger charge is -2.11. The first-order valence-corrected chi connectivity index (χ1v) is 7.73. The third-order valence-corrected chi connectivity index (χ3v) is 3.84. The van der Waals surface area contributed by atoms with Crippen LogP contribution in [-0.2, 0) is 6.42 Å². The summed E-state index contributed by atoms with van der Waals surface area (Å²) >= 11 is 3.43. The molecule has 3 rings (SSSR count). The van der Waals surface area contributed by atoms with Crippen molar-refractivity contribution in [1.29, 1.82) is 0 Å². The minimum atomic E-state index is -0.425. The first-order chi connectivity index (χ1) is 10.2.